The predicted molar refractivity (Wildman–Crippen MR) is 86.7 cm³/mol. The molecule has 9 heteroatoms. The van der Waals surface area contributed by atoms with Gasteiger partial charge in [0.05, 0.1) is 0 Å². The number of aryl methyl sites for hydroxylation is 1. The van der Waals surface area contributed by atoms with E-state index in [0.29, 0.717) is 0 Å². The lowest BCUT2D eigenvalue weighted by Crippen LogP contribution is -2.31. The molecule has 0 saturated carbocycles. The van der Waals surface area contributed by atoms with Crippen LogP contribution in [-0.4, -0.2) is 24.5 Å². The molecule has 2 aromatic rings. The quantitative estimate of drug-likeness (QED) is 0.818. The van der Waals surface area contributed by atoms with E-state index in [1.165, 1.54) is 12.5 Å². The molecule has 2 N–H and O–H groups in total. The fraction of sp³-hybridized carbons (Fsp3) is 0.357. The van der Waals surface area contributed by atoms with Gasteiger partial charge in [0.1, 0.15) is 0 Å². The minimum absolute atomic E-state index is 0.149. The van der Waals surface area contributed by atoms with Gasteiger partial charge in [-0.3, -0.25) is 4.79 Å². The van der Waals surface area contributed by atoms with E-state index in [1.807, 2.05) is 24.3 Å². The second kappa shape index (κ2) is 6.34. The summed E-state index contributed by atoms with van der Waals surface area (Å²) in [6.07, 6.45) is 2.63. The molecule has 1 aliphatic carbocycles. The minimum Gasteiger partial charge on any atom is -0.301 e. The molecule has 3 rings (SSSR count). The molecule has 1 unspecified atom stereocenters. The minimum atomic E-state index is -3.77. The van der Waals surface area contributed by atoms with Crippen LogP contribution in [0, 0.1) is 0 Å². The molecule has 0 aliphatic heterocycles. The number of carbonyl (C=O) groups excluding carboxylic acids is 1. The van der Waals surface area contributed by atoms with Crippen LogP contribution in [0.1, 0.15) is 36.9 Å². The Morgan fingerprint density at radius 1 is 1.30 bits per heavy atom. The van der Waals surface area contributed by atoms with Crippen molar-refractivity contribution >= 4 is 32.4 Å². The maximum atomic E-state index is 12.5. The number of benzene rings is 1. The third kappa shape index (κ3) is 3.57. The molecular formula is C14H16N4O3S2. The van der Waals surface area contributed by atoms with Gasteiger partial charge in [-0.25, -0.2) is 13.1 Å². The maximum absolute atomic E-state index is 12.5. The summed E-state index contributed by atoms with van der Waals surface area (Å²) in [6, 6.07) is 7.57. The topological polar surface area (TPSA) is 101 Å². The molecule has 7 nitrogen and oxygen atoms in total. The number of nitrogens with one attached hydrogen (secondary N) is 2. The molecule has 1 amide bonds. The van der Waals surface area contributed by atoms with E-state index in [2.05, 4.69) is 20.2 Å². The lowest BCUT2D eigenvalue weighted by Gasteiger charge is -2.25. The predicted octanol–water partition coefficient (Wildman–Crippen LogP) is 1.85. The van der Waals surface area contributed by atoms with Crippen LogP contribution in [0.5, 0.6) is 0 Å². The van der Waals surface area contributed by atoms with E-state index in [4.69, 9.17) is 0 Å². The van der Waals surface area contributed by atoms with Crippen molar-refractivity contribution in [3.05, 3.63) is 35.4 Å². The Kier molecular flexibility index (Phi) is 4.42. The van der Waals surface area contributed by atoms with Crippen LogP contribution in [0.2, 0.25) is 0 Å². The molecule has 23 heavy (non-hydrogen) atoms. The first kappa shape index (κ1) is 16.0. The SMILES string of the molecule is CC(=O)Nc1nnc(S(=O)(=O)NC2CCCc3ccccc32)s1. The lowest BCUT2D eigenvalue weighted by molar-refractivity contribution is -0.114. The second-order valence-electron chi connectivity index (χ2n) is 5.32. The van der Waals surface area contributed by atoms with E-state index in [1.54, 1.807) is 0 Å². The van der Waals surface area contributed by atoms with Crippen LogP contribution in [0.25, 0.3) is 0 Å². The Morgan fingerprint density at radius 2 is 2.09 bits per heavy atom. The normalized spacial score (nSPS) is 17.5. The van der Waals surface area contributed by atoms with Gasteiger partial charge in [0, 0.05) is 13.0 Å². The summed E-state index contributed by atoms with van der Waals surface area (Å²) in [5.74, 6) is -0.320. The third-order valence-corrected chi connectivity index (χ3v) is 6.26. The molecule has 1 aromatic carbocycles. The summed E-state index contributed by atoms with van der Waals surface area (Å²) in [5, 5.41) is 9.94. The monoisotopic (exact) mass is 352 g/mol. The van der Waals surface area contributed by atoms with Gasteiger partial charge >= 0.3 is 0 Å². The van der Waals surface area contributed by atoms with Crippen LogP contribution in [-0.2, 0) is 21.2 Å². The van der Waals surface area contributed by atoms with Gasteiger partial charge in [0.15, 0.2) is 0 Å². The first-order valence-corrected chi connectivity index (χ1v) is 9.47. The number of aromatic nitrogens is 2. The number of nitrogens with zero attached hydrogens (tertiary/aromatic N) is 2. The number of anilines is 1. The molecule has 0 spiro atoms. The van der Waals surface area contributed by atoms with Crippen LogP contribution in [0.15, 0.2) is 28.6 Å². The summed E-state index contributed by atoms with van der Waals surface area (Å²) in [5.41, 5.74) is 2.18. The summed E-state index contributed by atoms with van der Waals surface area (Å²) in [7, 11) is -3.77. The highest BCUT2D eigenvalue weighted by atomic mass is 32.2. The Labute approximate surface area is 138 Å². The van der Waals surface area contributed by atoms with E-state index in [-0.39, 0.29) is 21.4 Å². The smallest absolute Gasteiger partial charge is 0.270 e. The number of sulfonamides is 1. The van der Waals surface area contributed by atoms with Gasteiger partial charge in [0.2, 0.25) is 15.4 Å². The van der Waals surface area contributed by atoms with Crippen LogP contribution in [0.3, 0.4) is 0 Å². The molecule has 1 aliphatic rings. The fourth-order valence-corrected chi connectivity index (χ4v) is 4.85. The van der Waals surface area contributed by atoms with E-state index in [0.717, 1.165) is 36.2 Å². The largest absolute Gasteiger partial charge is 0.301 e. The first-order valence-electron chi connectivity index (χ1n) is 7.17. The van der Waals surface area contributed by atoms with Gasteiger partial charge in [-0.15, -0.1) is 10.2 Å². The van der Waals surface area contributed by atoms with Crippen molar-refractivity contribution in [1.29, 1.82) is 0 Å². The van der Waals surface area contributed by atoms with Crippen molar-refractivity contribution < 1.29 is 13.2 Å². The number of amides is 1. The van der Waals surface area contributed by atoms with Crippen molar-refractivity contribution in [2.24, 2.45) is 0 Å². The molecule has 0 saturated heterocycles. The molecule has 1 aromatic heterocycles. The Balaban J connectivity index is 1.82. The summed E-state index contributed by atoms with van der Waals surface area (Å²) in [4.78, 5) is 11.0. The van der Waals surface area contributed by atoms with Crippen molar-refractivity contribution in [3.8, 4) is 0 Å². The molecular weight excluding hydrogens is 336 g/mol. The Bertz CT molecular complexity index is 832. The number of hydrogen-bond acceptors (Lipinski definition) is 6. The summed E-state index contributed by atoms with van der Waals surface area (Å²) >= 11 is 0.833. The maximum Gasteiger partial charge on any atom is 0.270 e. The highest BCUT2D eigenvalue weighted by Crippen LogP contribution is 2.31. The molecule has 0 radical (unpaired) electrons. The zero-order chi connectivity index (χ0) is 16.4. The fourth-order valence-electron chi connectivity index (χ4n) is 2.63. The number of rotatable bonds is 4. The van der Waals surface area contributed by atoms with Crippen LogP contribution in [0.4, 0.5) is 5.13 Å². The molecule has 0 bridgehead atoms. The summed E-state index contributed by atoms with van der Waals surface area (Å²) < 4.78 is 27.5. The standard InChI is InChI=1S/C14H16N4O3S2/c1-9(19)15-13-16-17-14(22-13)23(20,21)18-12-8-4-6-10-5-2-3-7-11(10)12/h2-3,5,7,12,18H,4,6,8H2,1H3,(H,15,16,19). The zero-order valence-corrected chi connectivity index (χ0v) is 14.1. The lowest BCUT2D eigenvalue weighted by atomic mass is 9.88. The molecule has 0 fully saturated rings. The molecule has 1 heterocycles. The van der Waals surface area contributed by atoms with E-state index < -0.39 is 10.0 Å². The summed E-state index contributed by atoms with van der Waals surface area (Å²) in [6.45, 7) is 1.33. The number of carbonyl (C=O) groups is 1. The zero-order valence-electron chi connectivity index (χ0n) is 12.4. The average molecular weight is 352 g/mol. The van der Waals surface area contributed by atoms with E-state index in [9.17, 15) is 13.2 Å². The Hall–Kier alpha value is -1.84. The first-order chi connectivity index (χ1) is 11.0. The molecule has 1 atom stereocenters. The van der Waals surface area contributed by atoms with E-state index >= 15 is 0 Å². The van der Waals surface area contributed by atoms with Crippen molar-refractivity contribution in [3.63, 3.8) is 0 Å². The average Bonchev–Trinajstić information content (AvgIpc) is 2.96. The van der Waals surface area contributed by atoms with Crippen molar-refractivity contribution in [1.82, 2.24) is 14.9 Å². The highest BCUT2D eigenvalue weighted by molar-refractivity contribution is 7.91. The van der Waals surface area contributed by atoms with Gasteiger partial charge < -0.3 is 5.32 Å². The number of fused-ring (bicyclic) bond motifs is 1. The van der Waals surface area contributed by atoms with Gasteiger partial charge in [0.25, 0.3) is 10.0 Å². The Morgan fingerprint density at radius 3 is 2.87 bits per heavy atom. The number of hydrogen-bond donors (Lipinski definition) is 2. The van der Waals surface area contributed by atoms with Crippen molar-refractivity contribution in [2.45, 2.75) is 36.6 Å². The molecule has 122 valence electrons. The van der Waals surface area contributed by atoms with Crippen LogP contribution < -0.4 is 10.0 Å². The van der Waals surface area contributed by atoms with Crippen LogP contribution >= 0.6 is 11.3 Å². The van der Waals surface area contributed by atoms with Crippen molar-refractivity contribution in [2.75, 3.05) is 5.32 Å². The second-order valence-corrected chi connectivity index (χ2v) is 8.18. The van der Waals surface area contributed by atoms with Gasteiger partial charge in [-0.1, -0.05) is 35.6 Å². The third-order valence-electron chi connectivity index (χ3n) is 3.59. The highest BCUT2D eigenvalue weighted by Gasteiger charge is 2.28. The van der Waals surface area contributed by atoms with Gasteiger partial charge in [-0.2, -0.15) is 0 Å². The van der Waals surface area contributed by atoms with Gasteiger partial charge in [-0.05, 0) is 30.4 Å².